The lowest BCUT2D eigenvalue weighted by atomic mass is 9.97. The Labute approximate surface area is 81.5 Å². The molecule has 1 aromatic rings. The highest BCUT2D eigenvalue weighted by Crippen LogP contribution is 2.30. The summed E-state index contributed by atoms with van der Waals surface area (Å²) in [4.78, 5) is 0. The molecule has 0 radical (unpaired) electrons. The Kier molecular flexibility index (Phi) is 3.26. The topological polar surface area (TPSA) is 0 Å². The van der Waals surface area contributed by atoms with Crippen molar-refractivity contribution in [1.82, 2.24) is 0 Å². The van der Waals surface area contributed by atoms with E-state index in [0.717, 1.165) is 0 Å². The number of rotatable bonds is 2. The average Bonchev–Trinajstić information content (AvgIpc) is 2.03. The third-order valence-corrected chi connectivity index (χ3v) is 2.14. The van der Waals surface area contributed by atoms with Gasteiger partial charge in [0.25, 0.3) is 6.43 Å². The van der Waals surface area contributed by atoms with Crippen LogP contribution < -0.4 is 0 Å². The van der Waals surface area contributed by atoms with Gasteiger partial charge in [0, 0.05) is 10.6 Å². The van der Waals surface area contributed by atoms with Crippen LogP contribution in [-0.4, -0.2) is 0 Å². The fourth-order valence-corrected chi connectivity index (χ4v) is 1.44. The van der Waals surface area contributed by atoms with Crippen LogP contribution in [0.2, 0.25) is 5.02 Å². The van der Waals surface area contributed by atoms with E-state index in [4.69, 9.17) is 11.6 Å². The third kappa shape index (κ3) is 2.41. The van der Waals surface area contributed by atoms with Gasteiger partial charge in [0.2, 0.25) is 0 Å². The molecule has 0 aliphatic heterocycles. The van der Waals surface area contributed by atoms with Crippen molar-refractivity contribution in [2.75, 3.05) is 0 Å². The van der Waals surface area contributed by atoms with Crippen LogP contribution in [0.1, 0.15) is 37.3 Å². The fraction of sp³-hybridized carbons (Fsp3) is 0.400. The van der Waals surface area contributed by atoms with Crippen molar-refractivity contribution in [3.63, 3.8) is 0 Å². The van der Waals surface area contributed by atoms with Crippen LogP contribution in [0.3, 0.4) is 0 Å². The van der Waals surface area contributed by atoms with Crippen molar-refractivity contribution in [1.29, 1.82) is 0 Å². The minimum Gasteiger partial charge on any atom is -0.205 e. The molecule has 0 atom stereocenters. The van der Waals surface area contributed by atoms with E-state index in [1.54, 1.807) is 12.1 Å². The molecule has 0 unspecified atom stereocenters. The Bertz CT molecular complexity index is 295. The van der Waals surface area contributed by atoms with Gasteiger partial charge in [0.15, 0.2) is 0 Å². The van der Waals surface area contributed by atoms with Gasteiger partial charge in [-0.25, -0.2) is 8.78 Å². The molecule has 1 rings (SSSR count). The standard InChI is InChI=1S/C10H11ClF2/c1-6(2)8-4-3-7(11)5-9(8)10(12)13/h3-6,10H,1-2H3. The molecule has 0 saturated heterocycles. The third-order valence-electron chi connectivity index (χ3n) is 1.91. The van der Waals surface area contributed by atoms with Crippen LogP contribution in [0.25, 0.3) is 0 Å². The van der Waals surface area contributed by atoms with E-state index < -0.39 is 6.43 Å². The monoisotopic (exact) mass is 204 g/mol. The zero-order valence-corrected chi connectivity index (χ0v) is 8.28. The minimum absolute atomic E-state index is 0.0440. The van der Waals surface area contributed by atoms with Crippen LogP contribution in [0.5, 0.6) is 0 Å². The SMILES string of the molecule is CC(C)c1ccc(Cl)cc1C(F)F. The molecule has 0 heterocycles. The second-order valence-corrected chi connectivity index (χ2v) is 3.67. The summed E-state index contributed by atoms with van der Waals surface area (Å²) in [7, 11) is 0. The molecule has 0 amide bonds. The molecule has 0 bridgehead atoms. The lowest BCUT2D eigenvalue weighted by Crippen LogP contribution is -1.96. The Morgan fingerprint density at radius 1 is 1.15 bits per heavy atom. The van der Waals surface area contributed by atoms with Gasteiger partial charge in [-0.05, 0) is 23.6 Å². The molecule has 3 heteroatoms. The lowest BCUT2D eigenvalue weighted by Gasteiger charge is -2.11. The molecule has 72 valence electrons. The van der Waals surface area contributed by atoms with Gasteiger partial charge in [0.1, 0.15) is 0 Å². The maximum Gasteiger partial charge on any atom is 0.264 e. The van der Waals surface area contributed by atoms with Crippen molar-refractivity contribution in [3.05, 3.63) is 34.3 Å². The lowest BCUT2D eigenvalue weighted by molar-refractivity contribution is 0.150. The van der Waals surface area contributed by atoms with E-state index in [9.17, 15) is 8.78 Å². The number of alkyl halides is 2. The summed E-state index contributed by atoms with van der Waals surface area (Å²) < 4.78 is 25.0. The maximum absolute atomic E-state index is 12.5. The molecule has 0 nitrogen and oxygen atoms in total. The molecular formula is C10H11ClF2. The van der Waals surface area contributed by atoms with E-state index in [2.05, 4.69) is 0 Å². The van der Waals surface area contributed by atoms with Gasteiger partial charge >= 0.3 is 0 Å². The Morgan fingerprint density at radius 2 is 1.77 bits per heavy atom. The minimum atomic E-state index is -2.45. The normalized spacial score (nSPS) is 11.3. The van der Waals surface area contributed by atoms with Gasteiger partial charge in [-0.15, -0.1) is 0 Å². The number of halogens is 3. The maximum atomic E-state index is 12.5. The first-order chi connectivity index (χ1) is 6.02. The highest BCUT2D eigenvalue weighted by molar-refractivity contribution is 6.30. The quantitative estimate of drug-likeness (QED) is 0.670. The van der Waals surface area contributed by atoms with Crippen LogP contribution >= 0.6 is 11.6 Å². The number of hydrogen-bond donors (Lipinski definition) is 0. The molecule has 0 aliphatic rings. The number of hydrogen-bond acceptors (Lipinski definition) is 0. The molecular weight excluding hydrogens is 194 g/mol. The smallest absolute Gasteiger partial charge is 0.205 e. The van der Waals surface area contributed by atoms with Crippen LogP contribution in [0.15, 0.2) is 18.2 Å². The zero-order valence-electron chi connectivity index (χ0n) is 7.52. The van der Waals surface area contributed by atoms with Crippen molar-refractivity contribution < 1.29 is 8.78 Å². The van der Waals surface area contributed by atoms with E-state index in [1.807, 2.05) is 13.8 Å². The molecule has 1 aromatic carbocycles. The summed E-state index contributed by atoms with van der Waals surface area (Å²) in [5.74, 6) is 0.0984. The van der Waals surface area contributed by atoms with Gasteiger partial charge in [-0.1, -0.05) is 31.5 Å². The van der Waals surface area contributed by atoms with Crippen molar-refractivity contribution in [3.8, 4) is 0 Å². The highest BCUT2D eigenvalue weighted by atomic mass is 35.5. The first-order valence-corrected chi connectivity index (χ1v) is 4.47. The van der Waals surface area contributed by atoms with E-state index in [1.165, 1.54) is 6.07 Å². The second-order valence-electron chi connectivity index (χ2n) is 3.23. The average molecular weight is 205 g/mol. The predicted octanol–water partition coefficient (Wildman–Crippen LogP) is 4.40. The molecule has 0 saturated carbocycles. The Balaban J connectivity index is 3.19. The molecule has 0 N–H and O–H groups in total. The Morgan fingerprint density at radius 3 is 2.23 bits per heavy atom. The van der Waals surface area contributed by atoms with Crippen molar-refractivity contribution in [2.24, 2.45) is 0 Å². The van der Waals surface area contributed by atoms with Crippen molar-refractivity contribution in [2.45, 2.75) is 26.2 Å². The molecule has 0 aromatic heterocycles. The van der Waals surface area contributed by atoms with Gasteiger partial charge in [-0.2, -0.15) is 0 Å². The number of benzene rings is 1. The van der Waals surface area contributed by atoms with Gasteiger partial charge in [-0.3, -0.25) is 0 Å². The first-order valence-electron chi connectivity index (χ1n) is 4.10. The van der Waals surface area contributed by atoms with Crippen LogP contribution in [0.4, 0.5) is 8.78 Å². The summed E-state index contributed by atoms with van der Waals surface area (Å²) >= 11 is 5.63. The van der Waals surface area contributed by atoms with E-state index in [0.29, 0.717) is 10.6 Å². The summed E-state index contributed by atoms with van der Waals surface area (Å²) in [6.45, 7) is 3.77. The van der Waals surface area contributed by atoms with Crippen molar-refractivity contribution >= 4 is 11.6 Å². The highest BCUT2D eigenvalue weighted by Gasteiger charge is 2.15. The first kappa shape index (κ1) is 10.5. The summed E-state index contributed by atoms with van der Waals surface area (Å²) in [5, 5.41) is 0.361. The Hall–Kier alpha value is -0.630. The molecule has 0 fully saturated rings. The molecule has 13 heavy (non-hydrogen) atoms. The van der Waals surface area contributed by atoms with Gasteiger partial charge in [0.05, 0.1) is 0 Å². The van der Waals surface area contributed by atoms with Gasteiger partial charge < -0.3 is 0 Å². The second kappa shape index (κ2) is 4.05. The summed E-state index contributed by atoms with van der Waals surface area (Å²) in [6.07, 6.45) is -2.45. The zero-order chi connectivity index (χ0) is 10.0. The van der Waals surface area contributed by atoms with Crippen LogP contribution in [-0.2, 0) is 0 Å². The van der Waals surface area contributed by atoms with E-state index >= 15 is 0 Å². The largest absolute Gasteiger partial charge is 0.264 e. The summed E-state index contributed by atoms with van der Waals surface area (Å²) in [6, 6.07) is 4.64. The summed E-state index contributed by atoms with van der Waals surface area (Å²) in [5.41, 5.74) is 0.710. The van der Waals surface area contributed by atoms with Crippen LogP contribution in [0, 0.1) is 0 Å². The predicted molar refractivity (Wildman–Crippen MR) is 50.5 cm³/mol. The fourth-order valence-electron chi connectivity index (χ4n) is 1.26. The van der Waals surface area contributed by atoms with E-state index in [-0.39, 0.29) is 11.5 Å². The molecule has 0 spiro atoms. The molecule has 0 aliphatic carbocycles.